The number of benzene rings is 1. The van der Waals surface area contributed by atoms with Gasteiger partial charge < -0.3 is 9.90 Å². The van der Waals surface area contributed by atoms with Crippen molar-refractivity contribution in [3.8, 4) is 0 Å². The van der Waals surface area contributed by atoms with Crippen LogP contribution in [0.2, 0.25) is 0 Å². The van der Waals surface area contributed by atoms with Crippen molar-refractivity contribution >= 4 is 17.4 Å². The molecule has 0 amide bonds. The molecule has 96 valence electrons. The van der Waals surface area contributed by atoms with Crippen molar-refractivity contribution in [2.45, 2.75) is 32.6 Å². The lowest BCUT2D eigenvalue weighted by Crippen LogP contribution is -2.21. The number of carboxylic acid groups (broad SMARTS) is 1. The molecule has 0 heterocycles. The number of rotatable bonds is 3. The molecule has 1 aromatic carbocycles. The SMILES string of the molecule is CC1CCC(=NNc2ccc(C(=O)[O-])cc2)CC1. The Morgan fingerprint density at radius 2 is 1.89 bits per heavy atom. The van der Waals surface area contributed by atoms with Gasteiger partial charge in [-0.2, -0.15) is 5.10 Å². The lowest BCUT2D eigenvalue weighted by molar-refractivity contribution is -0.255. The van der Waals surface area contributed by atoms with E-state index in [-0.39, 0.29) is 5.56 Å². The fraction of sp³-hybridized carbons (Fsp3) is 0.429. The van der Waals surface area contributed by atoms with Crippen LogP contribution in [0.3, 0.4) is 0 Å². The van der Waals surface area contributed by atoms with E-state index in [0.29, 0.717) is 0 Å². The zero-order valence-electron chi connectivity index (χ0n) is 10.5. The van der Waals surface area contributed by atoms with Crippen molar-refractivity contribution < 1.29 is 9.90 Å². The van der Waals surface area contributed by atoms with Gasteiger partial charge in [0.25, 0.3) is 0 Å². The van der Waals surface area contributed by atoms with Crippen LogP contribution >= 0.6 is 0 Å². The second-order valence-electron chi connectivity index (χ2n) is 4.84. The van der Waals surface area contributed by atoms with Gasteiger partial charge in [0.05, 0.1) is 11.7 Å². The Labute approximate surface area is 107 Å². The van der Waals surface area contributed by atoms with Gasteiger partial charge in [0, 0.05) is 5.71 Å². The summed E-state index contributed by atoms with van der Waals surface area (Å²) in [5, 5.41) is 15.0. The van der Waals surface area contributed by atoms with Gasteiger partial charge in [-0.05, 0) is 49.3 Å². The standard InChI is InChI=1S/C14H18N2O2/c1-10-2-6-12(7-3-10)15-16-13-8-4-11(5-9-13)14(17)18/h4-5,8-10,16H,2-3,6-7H2,1H3,(H,17,18)/p-1. The summed E-state index contributed by atoms with van der Waals surface area (Å²) >= 11 is 0. The highest BCUT2D eigenvalue weighted by Crippen LogP contribution is 2.21. The first-order valence-corrected chi connectivity index (χ1v) is 6.28. The first kappa shape index (κ1) is 12.6. The maximum Gasteiger partial charge on any atom is 0.0715 e. The molecule has 18 heavy (non-hydrogen) atoms. The predicted molar refractivity (Wildman–Crippen MR) is 69.5 cm³/mol. The molecule has 0 saturated heterocycles. The Bertz CT molecular complexity index is 441. The quantitative estimate of drug-likeness (QED) is 0.829. The minimum absolute atomic E-state index is 0.180. The highest BCUT2D eigenvalue weighted by molar-refractivity contribution is 5.87. The van der Waals surface area contributed by atoms with Crippen LogP contribution in [0, 0.1) is 5.92 Å². The highest BCUT2D eigenvalue weighted by atomic mass is 16.4. The van der Waals surface area contributed by atoms with E-state index in [2.05, 4.69) is 17.5 Å². The maximum absolute atomic E-state index is 10.6. The average Bonchev–Trinajstić information content (AvgIpc) is 2.38. The van der Waals surface area contributed by atoms with E-state index in [1.54, 1.807) is 12.1 Å². The molecule has 0 aliphatic heterocycles. The summed E-state index contributed by atoms with van der Waals surface area (Å²) in [5.41, 5.74) is 5.14. The Morgan fingerprint density at radius 3 is 2.44 bits per heavy atom. The Hall–Kier alpha value is -1.84. The molecule has 1 saturated carbocycles. The number of hydrogen-bond acceptors (Lipinski definition) is 4. The van der Waals surface area contributed by atoms with Crippen LogP contribution in [0.4, 0.5) is 5.69 Å². The van der Waals surface area contributed by atoms with Gasteiger partial charge in [0.2, 0.25) is 0 Å². The lowest BCUT2D eigenvalue weighted by Gasteiger charge is -2.18. The highest BCUT2D eigenvalue weighted by Gasteiger charge is 2.13. The topological polar surface area (TPSA) is 64.5 Å². The molecule has 1 N–H and O–H groups in total. The van der Waals surface area contributed by atoms with E-state index in [9.17, 15) is 9.90 Å². The normalized spacial score (nSPS) is 19.4. The predicted octanol–water partition coefficient (Wildman–Crippen LogP) is 2.03. The third-order valence-electron chi connectivity index (χ3n) is 3.32. The number of aromatic carboxylic acids is 1. The third-order valence-corrected chi connectivity index (χ3v) is 3.32. The van der Waals surface area contributed by atoms with Crippen molar-refractivity contribution in [2.24, 2.45) is 11.0 Å². The van der Waals surface area contributed by atoms with Gasteiger partial charge in [-0.15, -0.1) is 0 Å². The molecule has 1 aliphatic carbocycles. The Morgan fingerprint density at radius 1 is 1.28 bits per heavy atom. The smallest absolute Gasteiger partial charge is 0.0715 e. The maximum atomic E-state index is 10.6. The van der Waals surface area contributed by atoms with Crippen molar-refractivity contribution in [1.29, 1.82) is 0 Å². The number of hydrazone groups is 1. The van der Waals surface area contributed by atoms with Crippen molar-refractivity contribution in [1.82, 2.24) is 0 Å². The summed E-state index contributed by atoms with van der Waals surface area (Å²) < 4.78 is 0. The fourth-order valence-electron chi connectivity index (χ4n) is 2.03. The fourth-order valence-corrected chi connectivity index (χ4v) is 2.03. The van der Waals surface area contributed by atoms with Crippen molar-refractivity contribution in [3.63, 3.8) is 0 Å². The molecule has 4 nitrogen and oxygen atoms in total. The largest absolute Gasteiger partial charge is 0.545 e. The molecule has 0 radical (unpaired) electrons. The molecule has 1 aromatic rings. The Kier molecular flexibility index (Phi) is 3.97. The first-order chi connectivity index (χ1) is 8.65. The molecule has 2 rings (SSSR count). The molecule has 0 bridgehead atoms. The minimum Gasteiger partial charge on any atom is -0.545 e. The van der Waals surface area contributed by atoms with Crippen LogP contribution < -0.4 is 10.5 Å². The zero-order valence-corrected chi connectivity index (χ0v) is 10.5. The molecular weight excluding hydrogens is 228 g/mol. The number of carboxylic acids is 1. The molecular formula is C14H17N2O2-. The molecule has 1 fully saturated rings. The van der Waals surface area contributed by atoms with Crippen molar-refractivity contribution in [3.05, 3.63) is 29.8 Å². The number of nitrogens with zero attached hydrogens (tertiary/aromatic N) is 1. The van der Waals surface area contributed by atoms with Crippen LogP contribution in [0.25, 0.3) is 0 Å². The van der Waals surface area contributed by atoms with Gasteiger partial charge in [-0.1, -0.05) is 19.1 Å². The Balaban J connectivity index is 1.93. The van der Waals surface area contributed by atoms with E-state index in [0.717, 1.165) is 24.4 Å². The minimum atomic E-state index is -1.16. The second-order valence-corrected chi connectivity index (χ2v) is 4.84. The zero-order chi connectivity index (χ0) is 13.0. The van der Waals surface area contributed by atoms with Crippen molar-refractivity contribution in [2.75, 3.05) is 5.43 Å². The summed E-state index contributed by atoms with van der Waals surface area (Å²) in [6.07, 6.45) is 4.49. The molecule has 0 atom stereocenters. The van der Waals surface area contributed by atoms with E-state index >= 15 is 0 Å². The molecule has 4 heteroatoms. The summed E-state index contributed by atoms with van der Waals surface area (Å²) in [4.78, 5) is 10.6. The molecule has 0 spiro atoms. The van der Waals surface area contributed by atoms with Gasteiger partial charge in [0.15, 0.2) is 0 Å². The summed E-state index contributed by atoms with van der Waals surface area (Å²) in [7, 11) is 0. The van der Waals surface area contributed by atoms with Crippen LogP contribution in [0.15, 0.2) is 29.4 Å². The monoisotopic (exact) mass is 245 g/mol. The number of carbonyl (C=O) groups excluding carboxylic acids is 1. The third kappa shape index (κ3) is 3.32. The molecule has 0 unspecified atom stereocenters. The van der Waals surface area contributed by atoms with E-state index in [1.807, 2.05) is 0 Å². The van der Waals surface area contributed by atoms with E-state index in [4.69, 9.17) is 0 Å². The van der Waals surface area contributed by atoms with E-state index in [1.165, 1.54) is 30.7 Å². The summed E-state index contributed by atoms with van der Waals surface area (Å²) in [5.74, 6) is -0.361. The first-order valence-electron chi connectivity index (χ1n) is 6.28. The molecule has 0 aromatic heterocycles. The van der Waals surface area contributed by atoms with Crippen LogP contribution in [0.5, 0.6) is 0 Å². The number of hydrogen-bond donors (Lipinski definition) is 1. The lowest BCUT2D eigenvalue weighted by atomic mass is 9.90. The van der Waals surface area contributed by atoms with Gasteiger partial charge >= 0.3 is 0 Å². The van der Waals surface area contributed by atoms with Crippen LogP contribution in [-0.2, 0) is 0 Å². The average molecular weight is 245 g/mol. The van der Waals surface area contributed by atoms with Gasteiger partial charge in [-0.25, -0.2) is 0 Å². The number of carbonyl (C=O) groups is 1. The van der Waals surface area contributed by atoms with Gasteiger partial charge in [0.1, 0.15) is 0 Å². The molecule has 1 aliphatic rings. The van der Waals surface area contributed by atoms with Crippen LogP contribution in [0.1, 0.15) is 43.0 Å². The second kappa shape index (κ2) is 5.67. The number of anilines is 1. The van der Waals surface area contributed by atoms with E-state index < -0.39 is 5.97 Å². The summed E-state index contributed by atoms with van der Waals surface area (Å²) in [6.45, 7) is 2.27. The number of nitrogens with one attached hydrogen (secondary N) is 1. The van der Waals surface area contributed by atoms with Crippen LogP contribution in [-0.4, -0.2) is 11.7 Å². The summed E-state index contributed by atoms with van der Waals surface area (Å²) in [6, 6.07) is 6.42. The van der Waals surface area contributed by atoms with Gasteiger partial charge in [-0.3, -0.25) is 5.43 Å².